The molecule has 4 aromatic rings. The molecule has 11 heteroatoms. The summed E-state index contributed by atoms with van der Waals surface area (Å²) in [5.74, 6) is 0.380. The van der Waals surface area contributed by atoms with E-state index in [-0.39, 0.29) is 35.1 Å². The van der Waals surface area contributed by atoms with Gasteiger partial charge in [0.1, 0.15) is 11.6 Å². The molecule has 2 N–H and O–H groups in total. The topological polar surface area (TPSA) is 117 Å². The molecule has 8 nitrogen and oxygen atoms in total. The molecule has 0 bridgehead atoms. The number of ketones is 1. The maximum atomic E-state index is 13.5. The molecule has 1 aliphatic rings. The van der Waals surface area contributed by atoms with Gasteiger partial charge in [-0.2, -0.15) is 5.10 Å². The molecule has 41 heavy (non-hydrogen) atoms. The van der Waals surface area contributed by atoms with Crippen LogP contribution in [0.25, 0.3) is 11.8 Å². The number of alkyl halides is 1. The van der Waals surface area contributed by atoms with Gasteiger partial charge >= 0.3 is 0 Å². The van der Waals surface area contributed by atoms with Crippen LogP contribution in [0.5, 0.6) is 11.6 Å². The van der Waals surface area contributed by atoms with Gasteiger partial charge in [0, 0.05) is 18.1 Å². The highest BCUT2D eigenvalue weighted by molar-refractivity contribution is 7.90. The van der Waals surface area contributed by atoms with Crippen LogP contribution in [-0.4, -0.2) is 41.4 Å². The summed E-state index contributed by atoms with van der Waals surface area (Å²) in [5, 5.41) is 4.82. The number of aryl methyl sites for hydroxylation is 2. The average molecular weight is 595 g/mol. The van der Waals surface area contributed by atoms with Crippen molar-refractivity contribution in [3.63, 3.8) is 0 Å². The van der Waals surface area contributed by atoms with Gasteiger partial charge in [-0.15, -0.1) is 0 Å². The number of Topliss-reactive ketones (excluding diaryl/α,β-unsaturated/α-hetero) is 1. The Balaban J connectivity index is 1.34. The lowest BCUT2D eigenvalue weighted by Gasteiger charge is -2.11. The fourth-order valence-corrected chi connectivity index (χ4v) is 6.43. The number of halogens is 2. The zero-order valence-electron chi connectivity index (χ0n) is 22.5. The third-order valence-electron chi connectivity index (χ3n) is 6.95. The number of rotatable bonds is 10. The minimum absolute atomic E-state index is 0.0162. The highest BCUT2D eigenvalue weighted by Gasteiger charge is 2.26. The minimum Gasteiger partial charge on any atom is -0.437 e. The second-order valence-electron chi connectivity index (χ2n) is 9.98. The number of nitrogens with zero attached hydrogens (tertiary/aromatic N) is 3. The number of benzene rings is 2. The van der Waals surface area contributed by atoms with Crippen LogP contribution in [0.4, 0.5) is 10.2 Å². The highest BCUT2D eigenvalue weighted by atomic mass is 35.5. The van der Waals surface area contributed by atoms with Gasteiger partial charge in [0.2, 0.25) is 5.88 Å². The predicted octanol–water partition coefficient (Wildman–Crippen LogP) is 6.01. The number of carbonyl (C=O) groups excluding carboxylic acids is 1. The zero-order chi connectivity index (χ0) is 29.3. The second-order valence-corrected chi connectivity index (χ2v) is 12.6. The molecule has 0 saturated carbocycles. The summed E-state index contributed by atoms with van der Waals surface area (Å²) < 4.78 is 44.5. The Bertz CT molecular complexity index is 1800. The van der Waals surface area contributed by atoms with Crippen LogP contribution in [0.3, 0.4) is 0 Å². The third kappa shape index (κ3) is 6.03. The number of para-hydroxylation sites is 1. The van der Waals surface area contributed by atoms with Crippen molar-refractivity contribution >= 4 is 39.1 Å². The standard InChI is InChI=1S/C30H28ClFN4O4S/c1-18-10-20-12-22(13-21(20)14-23(18)17-41(38,39)9-5-8-32)29(37)24-15-35-36(30(24)33)26-16-34-28(11-19(26)2)40-27-7-4-3-6-25(27)31/h3-4,6-7,10-12,14-16H,5,8-9,13,17,33H2,1-2H3. The molecule has 0 aliphatic heterocycles. The molecule has 2 aromatic carbocycles. The van der Waals surface area contributed by atoms with Crippen LogP contribution in [0, 0.1) is 13.8 Å². The Morgan fingerprint density at radius 2 is 1.93 bits per heavy atom. The molecular weight excluding hydrogens is 567 g/mol. The van der Waals surface area contributed by atoms with Crippen LogP contribution >= 0.6 is 11.6 Å². The number of pyridine rings is 1. The fourth-order valence-electron chi connectivity index (χ4n) is 4.78. The number of allylic oxidation sites excluding steroid dienone is 1. The van der Waals surface area contributed by atoms with Crippen LogP contribution in [0.2, 0.25) is 5.02 Å². The van der Waals surface area contributed by atoms with Crippen molar-refractivity contribution in [3.8, 4) is 17.3 Å². The molecule has 0 radical (unpaired) electrons. The summed E-state index contributed by atoms with van der Waals surface area (Å²) in [6.07, 6.45) is 5.12. The maximum absolute atomic E-state index is 13.5. The van der Waals surface area contributed by atoms with Crippen molar-refractivity contribution in [2.24, 2.45) is 0 Å². The maximum Gasteiger partial charge on any atom is 0.219 e. The van der Waals surface area contributed by atoms with Crippen molar-refractivity contribution in [3.05, 3.63) is 98.8 Å². The number of hydrogen-bond acceptors (Lipinski definition) is 7. The van der Waals surface area contributed by atoms with Gasteiger partial charge in [0.25, 0.3) is 0 Å². The molecule has 0 spiro atoms. The number of nitrogen functional groups attached to an aromatic ring is 1. The predicted molar refractivity (Wildman–Crippen MR) is 157 cm³/mol. The number of fused-ring (bicyclic) bond motifs is 1. The summed E-state index contributed by atoms with van der Waals surface area (Å²) in [6.45, 7) is 3.01. The first-order valence-electron chi connectivity index (χ1n) is 12.9. The van der Waals surface area contributed by atoms with Gasteiger partial charge in [0.15, 0.2) is 15.6 Å². The van der Waals surface area contributed by atoms with Crippen LogP contribution < -0.4 is 10.5 Å². The Labute approximate surface area is 242 Å². The first-order chi connectivity index (χ1) is 19.6. The zero-order valence-corrected chi connectivity index (χ0v) is 24.1. The number of carbonyl (C=O) groups is 1. The summed E-state index contributed by atoms with van der Waals surface area (Å²) in [5.41, 5.74) is 11.7. The van der Waals surface area contributed by atoms with Gasteiger partial charge in [-0.1, -0.05) is 35.9 Å². The molecule has 0 unspecified atom stereocenters. The molecule has 5 rings (SSSR count). The van der Waals surface area contributed by atoms with E-state index in [9.17, 15) is 17.6 Å². The van der Waals surface area contributed by atoms with Gasteiger partial charge in [-0.25, -0.2) is 18.1 Å². The van der Waals surface area contributed by atoms with E-state index >= 15 is 0 Å². The first-order valence-corrected chi connectivity index (χ1v) is 15.1. The summed E-state index contributed by atoms with van der Waals surface area (Å²) in [4.78, 5) is 17.8. The third-order valence-corrected chi connectivity index (χ3v) is 8.93. The molecule has 0 fully saturated rings. The van der Waals surface area contributed by atoms with Crippen molar-refractivity contribution in [2.45, 2.75) is 32.4 Å². The van der Waals surface area contributed by atoms with E-state index < -0.39 is 16.5 Å². The quantitative estimate of drug-likeness (QED) is 0.223. The Kier molecular flexibility index (Phi) is 7.97. The number of aromatic nitrogens is 3. The monoisotopic (exact) mass is 594 g/mol. The molecule has 2 heterocycles. The summed E-state index contributed by atoms with van der Waals surface area (Å²) in [7, 11) is -3.43. The van der Waals surface area contributed by atoms with Crippen LogP contribution in [-0.2, 0) is 22.0 Å². The normalized spacial score (nSPS) is 12.7. The average Bonchev–Trinajstić information content (AvgIpc) is 3.51. The van der Waals surface area contributed by atoms with Crippen LogP contribution in [0.1, 0.15) is 44.6 Å². The molecular formula is C30H28ClFN4O4S. The van der Waals surface area contributed by atoms with Crippen molar-refractivity contribution < 1.29 is 22.3 Å². The lowest BCUT2D eigenvalue weighted by atomic mass is 10.0. The molecule has 1 aliphatic carbocycles. The largest absolute Gasteiger partial charge is 0.437 e. The smallest absolute Gasteiger partial charge is 0.219 e. The number of ether oxygens (including phenoxy) is 1. The van der Waals surface area contributed by atoms with Gasteiger partial charge in [-0.05, 0) is 66.3 Å². The molecule has 0 amide bonds. The lowest BCUT2D eigenvalue weighted by Crippen LogP contribution is -2.11. The van der Waals surface area contributed by atoms with E-state index in [0.717, 1.165) is 22.3 Å². The van der Waals surface area contributed by atoms with Crippen molar-refractivity contribution in [1.82, 2.24) is 14.8 Å². The van der Waals surface area contributed by atoms with E-state index in [4.69, 9.17) is 22.1 Å². The Morgan fingerprint density at radius 3 is 2.66 bits per heavy atom. The molecule has 212 valence electrons. The summed E-state index contributed by atoms with van der Waals surface area (Å²) >= 11 is 6.18. The number of hydrogen-bond donors (Lipinski definition) is 1. The highest BCUT2D eigenvalue weighted by Crippen LogP contribution is 2.33. The molecule has 0 atom stereocenters. The van der Waals surface area contributed by atoms with Gasteiger partial charge in [-0.3, -0.25) is 9.18 Å². The van der Waals surface area contributed by atoms with E-state index in [2.05, 4.69) is 10.1 Å². The number of nitrogens with two attached hydrogens (primary N) is 1. The number of sulfone groups is 1. The van der Waals surface area contributed by atoms with Crippen molar-refractivity contribution in [2.75, 3.05) is 18.2 Å². The molecule has 0 saturated heterocycles. The Hall–Kier alpha value is -4.02. The first kappa shape index (κ1) is 28.5. The number of anilines is 1. The Morgan fingerprint density at radius 1 is 1.15 bits per heavy atom. The van der Waals surface area contributed by atoms with Crippen molar-refractivity contribution in [1.29, 1.82) is 0 Å². The van der Waals surface area contributed by atoms with Crippen LogP contribution in [0.15, 0.2) is 60.4 Å². The van der Waals surface area contributed by atoms with E-state index in [0.29, 0.717) is 39.9 Å². The molecule has 2 aromatic heterocycles. The van der Waals surface area contributed by atoms with E-state index in [1.807, 2.05) is 32.0 Å². The van der Waals surface area contributed by atoms with Gasteiger partial charge in [0.05, 0.1) is 46.8 Å². The van der Waals surface area contributed by atoms with Gasteiger partial charge < -0.3 is 10.5 Å². The van der Waals surface area contributed by atoms with E-state index in [1.165, 1.54) is 10.9 Å². The minimum atomic E-state index is -3.43. The van der Waals surface area contributed by atoms with E-state index in [1.54, 1.807) is 36.5 Å². The fraction of sp³-hybridized carbons (Fsp3) is 0.233. The lowest BCUT2D eigenvalue weighted by molar-refractivity contribution is 0.103. The second kappa shape index (κ2) is 11.5. The SMILES string of the molecule is Cc1cc2c(cc1CS(=O)(=O)CCCF)CC(C(=O)c1cnn(-c3cnc(Oc4ccccc4Cl)cc3C)c1N)=C2. The summed E-state index contributed by atoms with van der Waals surface area (Å²) in [6, 6.07) is 12.5.